The largest absolute Gasteiger partial charge is 0.468 e. The van der Waals surface area contributed by atoms with Crippen LogP contribution in [0.2, 0.25) is 0 Å². The maximum atomic E-state index is 13.1. The molecule has 0 saturated carbocycles. The van der Waals surface area contributed by atoms with Gasteiger partial charge in [-0.2, -0.15) is 9.30 Å². The predicted molar refractivity (Wildman–Crippen MR) is 147 cm³/mol. The molecule has 12 nitrogen and oxygen atoms in total. The zero-order valence-electron chi connectivity index (χ0n) is 22.6. The number of rotatable bonds is 13. The van der Waals surface area contributed by atoms with Crippen molar-refractivity contribution in [2.75, 3.05) is 54.2 Å². The molecule has 0 N–H and O–H groups in total. The van der Waals surface area contributed by atoms with Crippen molar-refractivity contribution in [3.63, 3.8) is 0 Å². The number of sulfonamides is 1. The SMILES string of the molecule is CCOC(=O)c1ccc2c(c1)sc(=NC(=O)c1ccc(S(=O)(=O)N(CCOC)CCOC)cc1)n2CC(=O)OC. The Hall–Kier alpha value is -3.43. The zero-order valence-corrected chi connectivity index (χ0v) is 24.2. The van der Waals surface area contributed by atoms with E-state index in [1.165, 1.54) is 54.5 Å². The summed E-state index contributed by atoms with van der Waals surface area (Å²) in [6.07, 6.45) is 0. The van der Waals surface area contributed by atoms with Crippen LogP contribution in [0.15, 0.2) is 52.4 Å². The molecule has 0 aliphatic carbocycles. The first kappa shape index (κ1) is 31.1. The van der Waals surface area contributed by atoms with Gasteiger partial charge in [-0.25, -0.2) is 13.2 Å². The summed E-state index contributed by atoms with van der Waals surface area (Å²) in [6.45, 7) is 2.41. The Balaban J connectivity index is 1.97. The Morgan fingerprint density at radius 2 is 1.57 bits per heavy atom. The number of aromatic nitrogens is 1. The lowest BCUT2D eigenvalue weighted by Crippen LogP contribution is -2.36. The van der Waals surface area contributed by atoms with E-state index in [1.54, 1.807) is 25.1 Å². The number of amides is 1. The lowest BCUT2D eigenvalue weighted by molar-refractivity contribution is -0.141. The van der Waals surface area contributed by atoms with Crippen molar-refractivity contribution in [2.45, 2.75) is 18.4 Å². The summed E-state index contributed by atoms with van der Waals surface area (Å²) in [5.41, 5.74) is 1.04. The van der Waals surface area contributed by atoms with Crippen molar-refractivity contribution < 1.29 is 41.7 Å². The molecule has 1 heterocycles. The Morgan fingerprint density at radius 1 is 0.950 bits per heavy atom. The van der Waals surface area contributed by atoms with Crippen LogP contribution < -0.4 is 4.80 Å². The van der Waals surface area contributed by atoms with E-state index >= 15 is 0 Å². The van der Waals surface area contributed by atoms with E-state index in [0.717, 1.165) is 11.3 Å². The van der Waals surface area contributed by atoms with Gasteiger partial charge in [0.1, 0.15) is 6.54 Å². The van der Waals surface area contributed by atoms with Crippen LogP contribution >= 0.6 is 11.3 Å². The number of carbonyl (C=O) groups excluding carboxylic acids is 3. The first-order valence-corrected chi connectivity index (χ1v) is 14.5. The van der Waals surface area contributed by atoms with Crippen molar-refractivity contribution in [1.29, 1.82) is 0 Å². The van der Waals surface area contributed by atoms with Gasteiger partial charge >= 0.3 is 11.9 Å². The molecule has 0 fully saturated rings. The summed E-state index contributed by atoms with van der Waals surface area (Å²) in [5.74, 6) is -1.69. The minimum absolute atomic E-state index is 0.00497. The number of nitrogens with zero attached hydrogens (tertiary/aromatic N) is 3. The third-order valence-electron chi connectivity index (χ3n) is 5.73. The van der Waals surface area contributed by atoms with E-state index in [9.17, 15) is 22.8 Å². The van der Waals surface area contributed by atoms with Gasteiger partial charge in [0.05, 0.1) is 47.6 Å². The summed E-state index contributed by atoms with van der Waals surface area (Å²) in [6, 6.07) is 10.2. The van der Waals surface area contributed by atoms with Crippen LogP contribution in [-0.4, -0.2) is 89.4 Å². The van der Waals surface area contributed by atoms with Gasteiger partial charge in [-0.05, 0) is 49.4 Å². The van der Waals surface area contributed by atoms with Gasteiger partial charge in [-0.3, -0.25) is 9.59 Å². The van der Waals surface area contributed by atoms with E-state index in [2.05, 4.69) is 4.99 Å². The number of esters is 2. The maximum Gasteiger partial charge on any atom is 0.338 e. The van der Waals surface area contributed by atoms with E-state index < -0.39 is 27.9 Å². The molecule has 40 heavy (non-hydrogen) atoms. The highest BCUT2D eigenvalue weighted by Gasteiger charge is 2.24. The summed E-state index contributed by atoms with van der Waals surface area (Å²) >= 11 is 1.11. The van der Waals surface area contributed by atoms with Crippen molar-refractivity contribution in [3.05, 3.63) is 58.4 Å². The van der Waals surface area contributed by atoms with Gasteiger partial charge in [0.15, 0.2) is 4.80 Å². The van der Waals surface area contributed by atoms with Crippen LogP contribution in [0.5, 0.6) is 0 Å². The topological polar surface area (TPSA) is 143 Å². The molecule has 3 rings (SSSR count). The smallest absolute Gasteiger partial charge is 0.338 e. The van der Waals surface area contributed by atoms with Crippen LogP contribution in [0.4, 0.5) is 0 Å². The Bertz CT molecular complexity index is 1520. The molecule has 14 heteroatoms. The highest BCUT2D eigenvalue weighted by atomic mass is 32.2. The fourth-order valence-corrected chi connectivity index (χ4v) is 6.13. The molecule has 0 saturated heterocycles. The lowest BCUT2D eigenvalue weighted by Gasteiger charge is -2.21. The number of fused-ring (bicyclic) bond motifs is 1. The standard InChI is InChI=1S/C26H31N3O9S2/c1-5-38-25(32)19-8-11-21-22(16-19)39-26(29(21)17-23(30)37-4)27-24(31)18-6-9-20(10-7-18)40(33,34)28(12-14-35-2)13-15-36-3/h6-11,16H,5,12-15,17H2,1-4H3. The minimum Gasteiger partial charge on any atom is -0.468 e. The number of ether oxygens (including phenoxy) is 4. The fourth-order valence-electron chi connectivity index (χ4n) is 3.65. The van der Waals surface area contributed by atoms with Crippen molar-refractivity contribution in [1.82, 2.24) is 8.87 Å². The van der Waals surface area contributed by atoms with Crippen LogP contribution in [0, 0.1) is 0 Å². The molecular formula is C26H31N3O9S2. The molecule has 0 radical (unpaired) electrons. The molecule has 0 bridgehead atoms. The van der Waals surface area contributed by atoms with Gasteiger partial charge in [-0.1, -0.05) is 11.3 Å². The summed E-state index contributed by atoms with van der Waals surface area (Å²) < 4.78 is 49.5. The van der Waals surface area contributed by atoms with Crippen LogP contribution in [-0.2, 0) is 40.3 Å². The van der Waals surface area contributed by atoms with Crippen LogP contribution in [0.3, 0.4) is 0 Å². The summed E-state index contributed by atoms with van der Waals surface area (Å²) in [7, 11) is 0.351. The van der Waals surface area contributed by atoms with E-state index in [1.807, 2.05) is 0 Å². The van der Waals surface area contributed by atoms with Gasteiger partial charge < -0.3 is 23.5 Å². The summed E-state index contributed by atoms with van der Waals surface area (Å²) in [4.78, 5) is 41.8. The van der Waals surface area contributed by atoms with Gasteiger partial charge in [0, 0.05) is 32.9 Å². The minimum atomic E-state index is -3.86. The normalized spacial score (nSPS) is 12.2. The molecule has 216 valence electrons. The molecule has 1 aromatic heterocycles. The number of hydrogen-bond acceptors (Lipinski definition) is 10. The van der Waals surface area contributed by atoms with Crippen molar-refractivity contribution >= 4 is 49.4 Å². The molecule has 0 spiro atoms. The molecule has 1 amide bonds. The monoisotopic (exact) mass is 593 g/mol. The maximum absolute atomic E-state index is 13.1. The second-order valence-electron chi connectivity index (χ2n) is 8.28. The zero-order chi connectivity index (χ0) is 29.3. The molecular weight excluding hydrogens is 562 g/mol. The predicted octanol–water partition coefficient (Wildman–Crippen LogP) is 2.08. The Morgan fingerprint density at radius 3 is 2.15 bits per heavy atom. The first-order valence-electron chi connectivity index (χ1n) is 12.2. The van der Waals surface area contributed by atoms with Crippen LogP contribution in [0.1, 0.15) is 27.6 Å². The molecule has 0 aliphatic heterocycles. The van der Waals surface area contributed by atoms with E-state index in [0.29, 0.717) is 15.8 Å². The number of methoxy groups -OCH3 is 3. The second-order valence-corrected chi connectivity index (χ2v) is 11.2. The molecule has 3 aromatic rings. The van der Waals surface area contributed by atoms with Crippen LogP contribution in [0.25, 0.3) is 10.2 Å². The van der Waals surface area contributed by atoms with Crippen molar-refractivity contribution in [2.24, 2.45) is 4.99 Å². The molecule has 0 unspecified atom stereocenters. The second kappa shape index (κ2) is 14.3. The average molecular weight is 594 g/mol. The number of hydrogen-bond donors (Lipinski definition) is 0. The van der Waals surface area contributed by atoms with E-state index in [4.69, 9.17) is 18.9 Å². The van der Waals surface area contributed by atoms with Gasteiger partial charge in [-0.15, -0.1) is 0 Å². The number of benzene rings is 2. The van der Waals surface area contributed by atoms with E-state index in [-0.39, 0.29) is 54.7 Å². The third-order valence-corrected chi connectivity index (χ3v) is 8.69. The first-order chi connectivity index (χ1) is 19.2. The summed E-state index contributed by atoms with van der Waals surface area (Å²) in [5, 5.41) is 0. The Labute approximate surface area is 235 Å². The fraction of sp³-hybridized carbons (Fsp3) is 0.385. The molecule has 2 aromatic carbocycles. The highest BCUT2D eigenvalue weighted by Crippen LogP contribution is 2.21. The van der Waals surface area contributed by atoms with Gasteiger partial charge in [0.2, 0.25) is 10.0 Å². The molecule has 0 atom stereocenters. The van der Waals surface area contributed by atoms with Gasteiger partial charge in [0.25, 0.3) is 5.91 Å². The number of carbonyl (C=O) groups is 3. The lowest BCUT2D eigenvalue weighted by atomic mass is 10.2. The third kappa shape index (κ3) is 7.40. The number of thiazole rings is 1. The quantitative estimate of drug-likeness (QED) is 0.272. The van der Waals surface area contributed by atoms with Crippen molar-refractivity contribution in [3.8, 4) is 0 Å². The highest BCUT2D eigenvalue weighted by molar-refractivity contribution is 7.89. The average Bonchev–Trinajstić information content (AvgIpc) is 3.28. The molecule has 0 aliphatic rings. The Kier molecular flexibility index (Phi) is 11.1.